The number of aromatic hydroxyl groups is 1. The molecule has 1 unspecified atom stereocenters. The van der Waals surface area contributed by atoms with Crippen molar-refractivity contribution < 1.29 is 23.7 Å². The highest BCUT2D eigenvalue weighted by molar-refractivity contribution is 5.93. The van der Waals surface area contributed by atoms with E-state index in [9.17, 15) is 9.90 Å². The Balaban J connectivity index is 2.06. The lowest BCUT2D eigenvalue weighted by Crippen LogP contribution is -2.22. The van der Waals surface area contributed by atoms with Crippen LogP contribution in [0, 0.1) is 0 Å². The molecule has 0 saturated heterocycles. The van der Waals surface area contributed by atoms with E-state index in [0.717, 1.165) is 5.56 Å². The summed E-state index contributed by atoms with van der Waals surface area (Å²) < 4.78 is 21.8. The minimum atomic E-state index is -0.890. The maximum atomic E-state index is 12.5. The van der Waals surface area contributed by atoms with E-state index in [1.165, 1.54) is 13.4 Å². The topological polar surface area (TPSA) is 81.4 Å². The summed E-state index contributed by atoms with van der Waals surface area (Å²) in [5, 5.41) is 11.2. The van der Waals surface area contributed by atoms with Crippen molar-refractivity contribution >= 4 is 17.0 Å². The van der Waals surface area contributed by atoms with E-state index in [0.29, 0.717) is 24.1 Å². The molecule has 2 aliphatic heterocycles. The van der Waals surface area contributed by atoms with E-state index in [1.54, 1.807) is 12.1 Å². The molecular weight excluding hydrogens is 326 g/mol. The van der Waals surface area contributed by atoms with Gasteiger partial charge in [0, 0.05) is 19.0 Å². The molecule has 0 spiro atoms. The second-order valence-electron chi connectivity index (χ2n) is 5.90. The number of rotatable bonds is 2. The van der Waals surface area contributed by atoms with E-state index in [-0.39, 0.29) is 22.6 Å². The molecule has 2 aliphatic rings. The summed E-state index contributed by atoms with van der Waals surface area (Å²) in [5.41, 5.74) is 1.33. The van der Waals surface area contributed by atoms with Crippen molar-refractivity contribution in [3.8, 4) is 11.5 Å². The molecule has 0 amide bonds. The molecule has 25 heavy (non-hydrogen) atoms. The molecule has 7 nitrogen and oxygen atoms in total. The third-order valence-electron chi connectivity index (χ3n) is 4.31. The molecular formula is C18H17NO6. The fraction of sp³-hybridized carbons (Fsp3) is 0.278. The summed E-state index contributed by atoms with van der Waals surface area (Å²) in [6.07, 6.45) is 6.04. The minimum absolute atomic E-state index is 0.171. The zero-order valence-electron chi connectivity index (χ0n) is 13.8. The summed E-state index contributed by atoms with van der Waals surface area (Å²) in [5.74, 6) is 0.0861. The van der Waals surface area contributed by atoms with Crippen LogP contribution in [0.4, 0.5) is 0 Å². The highest BCUT2D eigenvalue weighted by Crippen LogP contribution is 2.43. The Hall–Kier alpha value is -2.93. The van der Waals surface area contributed by atoms with Gasteiger partial charge in [-0.15, -0.1) is 0 Å². The quantitative estimate of drug-likeness (QED) is 0.839. The first-order valence-corrected chi connectivity index (χ1v) is 7.80. The average Bonchev–Trinajstić information content (AvgIpc) is 2.62. The second kappa shape index (κ2) is 5.86. The first kappa shape index (κ1) is 15.6. The molecule has 7 heteroatoms. The summed E-state index contributed by atoms with van der Waals surface area (Å²) in [4.78, 5) is 14.4. The number of nitrogens with zero attached hydrogens (tertiary/aromatic N) is 1. The number of hydrogen-bond acceptors (Lipinski definition) is 7. The first-order valence-electron chi connectivity index (χ1n) is 7.80. The maximum absolute atomic E-state index is 12.5. The van der Waals surface area contributed by atoms with Crippen LogP contribution in [0.15, 0.2) is 33.8 Å². The average molecular weight is 343 g/mol. The van der Waals surface area contributed by atoms with E-state index >= 15 is 0 Å². The third-order valence-corrected chi connectivity index (χ3v) is 4.31. The van der Waals surface area contributed by atoms with E-state index in [1.807, 2.05) is 24.2 Å². The van der Waals surface area contributed by atoms with Gasteiger partial charge in [-0.3, -0.25) is 0 Å². The van der Waals surface area contributed by atoms with Crippen LogP contribution in [0.3, 0.4) is 0 Å². The van der Waals surface area contributed by atoms with Gasteiger partial charge in [0.25, 0.3) is 0 Å². The summed E-state index contributed by atoms with van der Waals surface area (Å²) >= 11 is 0. The Morgan fingerprint density at radius 3 is 2.96 bits per heavy atom. The molecule has 3 heterocycles. The van der Waals surface area contributed by atoms with Crippen molar-refractivity contribution in [1.29, 1.82) is 0 Å². The lowest BCUT2D eigenvalue weighted by Gasteiger charge is -2.24. The highest BCUT2D eigenvalue weighted by Gasteiger charge is 2.29. The number of phenolic OH excluding ortho intramolecular Hbond substituents is 1. The van der Waals surface area contributed by atoms with Crippen LogP contribution in [-0.4, -0.2) is 30.8 Å². The second-order valence-corrected chi connectivity index (χ2v) is 5.90. The number of methoxy groups -OCH3 is 1. The van der Waals surface area contributed by atoms with E-state index in [4.69, 9.17) is 18.6 Å². The maximum Gasteiger partial charge on any atom is 0.341 e. The Kier molecular flexibility index (Phi) is 3.65. The zero-order valence-corrected chi connectivity index (χ0v) is 13.8. The fourth-order valence-electron chi connectivity index (χ4n) is 3.11. The zero-order chi connectivity index (χ0) is 17.6. The molecule has 1 atom stereocenters. The van der Waals surface area contributed by atoms with Crippen LogP contribution in [0.25, 0.3) is 17.0 Å². The molecule has 0 saturated carbocycles. The van der Waals surface area contributed by atoms with Crippen LogP contribution in [0.1, 0.15) is 23.0 Å². The molecule has 0 radical (unpaired) electrons. The first-order chi connectivity index (χ1) is 12.1. The number of fused-ring (bicyclic) bond motifs is 3. The molecule has 1 aromatic heterocycles. The third kappa shape index (κ3) is 2.44. The van der Waals surface area contributed by atoms with Crippen molar-refractivity contribution in [1.82, 2.24) is 4.90 Å². The monoisotopic (exact) mass is 343 g/mol. The number of ether oxygens (including phenoxy) is 3. The number of hydrogen-bond donors (Lipinski definition) is 1. The molecule has 0 bridgehead atoms. The van der Waals surface area contributed by atoms with Crippen molar-refractivity contribution in [2.45, 2.75) is 12.8 Å². The van der Waals surface area contributed by atoms with Gasteiger partial charge in [-0.1, -0.05) is 0 Å². The van der Waals surface area contributed by atoms with Gasteiger partial charge in [0.1, 0.15) is 5.56 Å². The molecule has 2 aromatic rings. The van der Waals surface area contributed by atoms with E-state index in [2.05, 4.69) is 0 Å². The van der Waals surface area contributed by atoms with Crippen LogP contribution in [0.5, 0.6) is 11.5 Å². The molecule has 4 rings (SSSR count). The van der Waals surface area contributed by atoms with E-state index < -0.39 is 11.9 Å². The number of phenols is 1. The minimum Gasteiger partial charge on any atom is -0.504 e. The smallest absolute Gasteiger partial charge is 0.341 e. The van der Waals surface area contributed by atoms with Gasteiger partial charge in [-0.2, -0.15) is 0 Å². The molecule has 0 aliphatic carbocycles. The largest absolute Gasteiger partial charge is 0.504 e. The normalized spacial score (nSPS) is 19.0. The van der Waals surface area contributed by atoms with Crippen LogP contribution < -0.4 is 10.4 Å². The van der Waals surface area contributed by atoms with Crippen LogP contribution >= 0.6 is 0 Å². The van der Waals surface area contributed by atoms with Gasteiger partial charge in [-0.05, 0) is 30.0 Å². The Bertz CT molecular complexity index is 958. The van der Waals surface area contributed by atoms with Gasteiger partial charge < -0.3 is 28.6 Å². The van der Waals surface area contributed by atoms with Gasteiger partial charge in [0.15, 0.2) is 17.1 Å². The Labute approximate surface area is 143 Å². The highest BCUT2D eigenvalue weighted by atomic mass is 16.7. The van der Waals surface area contributed by atoms with Crippen LogP contribution in [0.2, 0.25) is 0 Å². The molecule has 0 fully saturated rings. The van der Waals surface area contributed by atoms with Gasteiger partial charge in [0.2, 0.25) is 6.29 Å². The van der Waals surface area contributed by atoms with Crippen molar-refractivity contribution in [2.24, 2.45) is 0 Å². The van der Waals surface area contributed by atoms with Gasteiger partial charge in [-0.25, -0.2) is 4.79 Å². The predicted octanol–water partition coefficient (Wildman–Crippen LogP) is 2.48. The summed E-state index contributed by atoms with van der Waals surface area (Å²) in [7, 11) is 3.34. The molecule has 1 aromatic carbocycles. The van der Waals surface area contributed by atoms with Crippen molar-refractivity contribution in [3.05, 3.63) is 51.7 Å². The lowest BCUT2D eigenvalue weighted by atomic mass is 9.98. The SMILES string of the molecule is COc1cc2c3c(c(=O)oc2c(C2OC=CCO2)c1O)CN(C)C=C3. The summed E-state index contributed by atoms with van der Waals surface area (Å²) in [6.45, 7) is 0.768. The van der Waals surface area contributed by atoms with Crippen molar-refractivity contribution in [3.63, 3.8) is 0 Å². The molecule has 1 N–H and O–H groups in total. The van der Waals surface area contributed by atoms with Gasteiger partial charge >= 0.3 is 5.63 Å². The Morgan fingerprint density at radius 1 is 1.40 bits per heavy atom. The van der Waals surface area contributed by atoms with Crippen molar-refractivity contribution in [2.75, 3.05) is 20.8 Å². The fourth-order valence-corrected chi connectivity index (χ4v) is 3.11. The van der Waals surface area contributed by atoms with Crippen LogP contribution in [-0.2, 0) is 16.0 Å². The molecule has 130 valence electrons. The standard InChI is InChI=1S/C18H17NO6/c1-19-5-4-10-11-8-13(22-2)15(20)14(18-23-6-3-7-24-18)16(11)25-17(21)12(10)9-19/h3-6,8,18,20H,7,9H2,1-2H3. The lowest BCUT2D eigenvalue weighted by molar-refractivity contribution is -0.115. The number of benzene rings is 1. The summed E-state index contributed by atoms with van der Waals surface area (Å²) in [6, 6.07) is 1.66. The van der Waals surface area contributed by atoms with Gasteiger partial charge in [0.05, 0.1) is 25.5 Å². The Morgan fingerprint density at radius 2 is 2.24 bits per heavy atom. The predicted molar refractivity (Wildman–Crippen MR) is 90.1 cm³/mol.